The van der Waals surface area contributed by atoms with Gasteiger partial charge in [0.2, 0.25) is 0 Å². The Kier molecular flexibility index (Phi) is 16.4. The summed E-state index contributed by atoms with van der Waals surface area (Å²) in [5, 5.41) is 13.4. The third-order valence-electron chi connectivity index (χ3n) is 1.02. The van der Waals surface area contributed by atoms with E-state index in [4.69, 9.17) is 5.11 Å². The van der Waals surface area contributed by atoms with E-state index < -0.39 is 14.9 Å². The Balaban J connectivity index is -0.000000720. The molecule has 0 aliphatic carbocycles. The number of rotatable bonds is 4. The second-order valence-electron chi connectivity index (χ2n) is 2.83. The summed E-state index contributed by atoms with van der Waals surface area (Å²) in [5.74, 6) is 0. The maximum absolute atomic E-state index is 11.0. The number of nitrogens with one attached hydrogen (secondary N) is 2. The van der Waals surface area contributed by atoms with Crippen LogP contribution in [-0.2, 0) is 20.4 Å². The molecule has 0 atom stereocenters. The molecule has 0 heterocycles. The normalized spacial score (nSPS) is 8.47. The van der Waals surface area contributed by atoms with Crippen LogP contribution in [-0.4, -0.2) is 37.3 Å². The van der Waals surface area contributed by atoms with Crippen LogP contribution < -0.4 is 10.6 Å². The summed E-state index contributed by atoms with van der Waals surface area (Å²) in [5.41, 5.74) is 0. The van der Waals surface area contributed by atoms with Gasteiger partial charge in [0.15, 0.2) is 0 Å². The van der Waals surface area contributed by atoms with Crippen molar-refractivity contribution in [3.63, 3.8) is 0 Å². The van der Waals surface area contributed by atoms with E-state index in [9.17, 15) is 9.59 Å². The van der Waals surface area contributed by atoms with Crippen molar-refractivity contribution in [1.82, 2.24) is 10.6 Å². The van der Waals surface area contributed by atoms with Gasteiger partial charge >= 0.3 is 6.09 Å². The van der Waals surface area contributed by atoms with Crippen LogP contribution in [0.25, 0.3) is 0 Å². The van der Waals surface area contributed by atoms with Crippen LogP contribution in [0.2, 0.25) is 13.1 Å². The zero-order chi connectivity index (χ0) is 10.3. The second kappa shape index (κ2) is 12.0. The molecule has 0 unspecified atom stereocenters. The fourth-order valence-electron chi connectivity index (χ4n) is 0.485. The summed E-state index contributed by atoms with van der Waals surface area (Å²) in [7, 11) is -0.715. The average molecular weight is 424 g/mol. The van der Waals surface area contributed by atoms with Crippen LogP contribution in [0.3, 0.4) is 0 Å². The monoisotopic (exact) mass is 424 g/mol. The minimum Gasteiger partial charge on any atom is -0.465 e. The van der Waals surface area contributed by atoms with Gasteiger partial charge in [0.1, 0.15) is 0 Å². The van der Waals surface area contributed by atoms with Gasteiger partial charge in [-0.2, -0.15) is 0 Å². The average Bonchev–Trinajstić information content (AvgIpc) is 2.00. The predicted molar refractivity (Wildman–Crippen MR) is 62.3 cm³/mol. The maximum Gasteiger partial charge on any atom is 0.406 e. The summed E-state index contributed by atoms with van der Waals surface area (Å²) in [6, 6.07) is 0. The molecule has 0 aromatic carbocycles. The predicted octanol–water partition coefficient (Wildman–Crippen LogP) is 1.13. The topological polar surface area (TPSA) is 78.4 Å². The van der Waals surface area contributed by atoms with Crippen LogP contribution >= 0.6 is 11.8 Å². The molecule has 0 saturated carbocycles. The van der Waals surface area contributed by atoms with Gasteiger partial charge < -0.3 is 23.2 Å². The minimum absolute atomic E-state index is 0. The summed E-state index contributed by atoms with van der Waals surface area (Å²) < 4.78 is 0. The van der Waals surface area contributed by atoms with Crippen molar-refractivity contribution in [3.05, 3.63) is 7.43 Å². The van der Waals surface area contributed by atoms with Crippen molar-refractivity contribution in [3.8, 4) is 0 Å². The van der Waals surface area contributed by atoms with E-state index in [1.807, 2.05) is 5.32 Å². The van der Waals surface area contributed by atoms with E-state index in [0.29, 0.717) is 0 Å². The van der Waals surface area contributed by atoms with Gasteiger partial charge in [0, 0.05) is 29.2 Å². The zero-order valence-corrected chi connectivity index (χ0v) is 13.7. The van der Waals surface area contributed by atoms with E-state index in [2.05, 4.69) is 18.4 Å². The molecule has 0 aromatic heterocycles. The molecule has 2 amide bonds. The van der Waals surface area contributed by atoms with Gasteiger partial charge in [-0.3, -0.25) is 4.79 Å². The molecule has 0 rings (SSSR count). The number of thioether (sulfide) groups is 1. The Labute approximate surface area is 110 Å². The molecule has 0 saturated heterocycles. The number of carbonyl (C=O) groups excluding carboxylic acids is 1. The SMILES string of the molecule is C[SiH](C)CSC(=O)NCNC(=O)O.[CH3-].[Re]. The fourth-order valence-corrected chi connectivity index (χ4v) is 2.60. The Morgan fingerprint density at radius 3 is 2.27 bits per heavy atom. The molecule has 8 heteroatoms. The van der Waals surface area contributed by atoms with E-state index in [0.717, 1.165) is 5.38 Å². The zero-order valence-electron chi connectivity index (χ0n) is 9.04. The molecule has 0 fully saturated rings. The molecule has 1 radical (unpaired) electrons. The molecule has 0 bridgehead atoms. The molecule has 0 spiro atoms. The van der Waals surface area contributed by atoms with Gasteiger partial charge in [-0.05, 0) is 5.38 Å². The fraction of sp³-hybridized carbons (Fsp3) is 0.571. The van der Waals surface area contributed by atoms with Gasteiger partial charge in [-0.1, -0.05) is 24.9 Å². The van der Waals surface area contributed by atoms with Gasteiger partial charge in [0.05, 0.1) is 6.67 Å². The van der Waals surface area contributed by atoms with Crippen LogP contribution in [0.1, 0.15) is 0 Å². The van der Waals surface area contributed by atoms with Crippen molar-refractivity contribution in [2.75, 3.05) is 12.0 Å². The molecule has 91 valence electrons. The third kappa shape index (κ3) is 16.6. The summed E-state index contributed by atoms with van der Waals surface area (Å²) in [4.78, 5) is 21.0. The first-order chi connectivity index (χ1) is 6.02. The number of amides is 2. The van der Waals surface area contributed by atoms with Gasteiger partial charge in [0.25, 0.3) is 5.24 Å². The molecule has 0 aliphatic heterocycles. The Morgan fingerprint density at radius 2 is 1.87 bits per heavy atom. The van der Waals surface area contributed by atoms with E-state index in [-0.39, 0.29) is 39.8 Å². The molecule has 15 heavy (non-hydrogen) atoms. The third-order valence-corrected chi connectivity index (χ3v) is 4.76. The van der Waals surface area contributed by atoms with Crippen LogP contribution in [0.4, 0.5) is 9.59 Å². The van der Waals surface area contributed by atoms with Crippen molar-refractivity contribution in [2.45, 2.75) is 13.1 Å². The maximum atomic E-state index is 11.0. The number of carboxylic acid groups (broad SMARTS) is 1. The summed E-state index contributed by atoms with van der Waals surface area (Å²) in [6.45, 7) is 4.27. The number of hydrogen-bond donors (Lipinski definition) is 3. The Hall–Kier alpha value is -0.0308. The van der Waals surface area contributed by atoms with E-state index in [1.54, 1.807) is 0 Å². The molecule has 5 nitrogen and oxygen atoms in total. The molecular formula is C7H17N2O3ReSSi-. The Morgan fingerprint density at radius 1 is 1.33 bits per heavy atom. The standard InChI is InChI=1S/C6H14N2O3SSi.CH3.Re/c1-13(2)4-12-6(11)8-3-7-5(9)10;;/h7,13H,3-4H2,1-2H3,(H,8,11)(H,9,10);1H3;/q;-1;. The van der Waals surface area contributed by atoms with E-state index in [1.165, 1.54) is 11.8 Å². The van der Waals surface area contributed by atoms with Crippen LogP contribution in [0.5, 0.6) is 0 Å². The number of carbonyl (C=O) groups is 2. The largest absolute Gasteiger partial charge is 0.465 e. The van der Waals surface area contributed by atoms with Crippen LogP contribution in [0.15, 0.2) is 0 Å². The van der Waals surface area contributed by atoms with Crippen molar-refractivity contribution in [2.24, 2.45) is 0 Å². The van der Waals surface area contributed by atoms with E-state index >= 15 is 0 Å². The van der Waals surface area contributed by atoms with Gasteiger partial charge in [-0.25, -0.2) is 4.79 Å². The van der Waals surface area contributed by atoms with Crippen molar-refractivity contribution < 1.29 is 35.1 Å². The number of hydrogen-bond acceptors (Lipinski definition) is 3. The first-order valence-corrected chi connectivity index (χ1v) is 8.01. The first kappa shape index (κ1) is 20.4. The van der Waals surface area contributed by atoms with Gasteiger partial charge in [-0.15, -0.1) is 0 Å². The van der Waals surface area contributed by atoms with Crippen molar-refractivity contribution >= 4 is 31.9 Å². The molecule has 3 N–H and O–H groups in total. The quantitative estimate of drug-likeness (QED) is 0.360. The Bertz CT molecular complexity index is 195. The molecule has 0 aliphatic rings. The first-order valence-electron chi connectivity index (χ1n) is 3.89. The molecule has 0 aromatic rings. The second-order valence-corrected chi connectivity index (χ2v) is 7.61. The minimum atomic E-state index is -1.14. The summed E-state index contributed by atoms with van der Waals surface area (Å²) in [6.07, 6.45) is -1.14. The summed E-state index contributed by atoms with van der Waals surface area (Å²) >= 11 is 1.21. The smallest absolute Gasteiger partial charge is 0.406 e. The van der Waals surface area contributed by atoms with Crippen LogP contribution in [0, 0.1) is 7.43 Å². The van der Waals surface area contributed by atoms with Crippen molar-refractivity contribution in [1.29, 1.82) is 0 Å². The molecular weight excluding hydrogens is 406 g/mol.